The van der Waals surface area contributed by atoms with Crippen molar-refractivity contribution in [3.05, 3.63) is 29.8 Å². The van der Waals surface area contributed by atoms with Crippen molar-refractivity contribution in [2.75, 3.05) is 25.1 Å². The Labute approximate surface area is 118 Å². The first-order chi connectivity index (χ1) is 9.74. The van der Waals surface area contributed by atoms with E-state index in [1.807, 2.05) is 0 Å². The normalized spacial score (nSPS) is 21.4. The number of hydrogen-bond acceptors (Lipinski definition) is 4. The van der Waals surface area contributed by atoms with E-state index in [9.17, 15) is 4.79 Å². The second-order valence-corrected chi connectivity index (χ2v) is 4.88. The van der Waals surface area contributed by atoms with E-state index in [2.05, 4.69) is 23.6 Å². The van der Waals surface area contributed by atoms with Crippen LogP contribution in [0.1, 0.15) is 18.9 Å². The lowest BCUT2D eigenvalue weighted by Crippen LogP contribution is -2.41. The molecule has 1 aliphatic rings. The van der Waals surface area contributed by atoms with E-state index in [4.69, 9.17) is 10.00 Å². The third kappa shape index (κ3) is 3.56. The molecule has 1 saturated heterocycles. The predicted molar refractivity (Wildman–Crippen MR) is 76.2 cm³/mol. The minimum Gasteiger partial charge on any atom is -0.379 e. The zero-order valence-corrected chi connectivity index (χ0v) is 11.6. The lowest BCUT2D eigenvalue weighted by molar-refractivity contribution is -0.120. The van der Waals surface area contributed by atoms with Crippen LogP contribution in [-0.4, -0.2) is 31.7 Å². The van der Waals surface area contributed by atoms with Crippen molar-refractivity contribution in [1.29, 1.82) is 5.26 Å². The van der Waals surface area contributed by atoms with Crippen molar-refractivity contribution >= 4 is 11.6 Å². The van der Waals surface area contributed by atoms with E-state index in [1.165, 1.54) is 0 Å². The van der Waals surface area contributed by atoms with Crippen molar-refractivity contribution in [2.45, 2.75) is 19.4 Å². The van der Waals surface area contributed by atoms with Gasteiger partial charge in [0.15, 0.2) is 0 Å². The zero-order chi connectivity index (χ0) is 14.4. The van der Waals surface area contributed by atoms with Gasteiger partial charge >= 0.3 is 0 Å². The van der Waals surface area contributed by atoms with E-state index in [0.29, 0.717) is 24.5 Å². The maximum absolute atomic E-state index is 12.2. The molecule has 1 fully saturated rings. The van der Waals surface area contributed by atoms with Crippen LogP contribution < -0.4 is 10.6 Å². The smallest absolute Gasteiger partial charge is 0.231 e. The molecule has 0 radical (unpaired) electrons. The Morgan fingerprint density at radius 1 is 1.40 bits per heavy atom. The van der Waals surface area contributed by atoms with Crippen LogP contribution in [0, 0.1) is 17.2 Å². The molecule has 2 N–H and O–H groups in total. The van der Waals surface area contributed by atoms with E-state index in [-0.39, 0.29) is 17.9 Å². The van der Waals surface area contributed by atoms with Crippen LogP contribution in [-0.2, 0) is 9.53 Å². The number of carbonyl (C=O) groups is 1. The summed E-state index contributed by atoms with van der Waals surface area (Å²) in [5.74, 6) is -0.210. The van der Waals surface area contributed by atoms with Gasteiger partial charge in [-0.3, -0.25) is 4.79 Å². The van der Waals surface area contributed by atoms with Gasteiger partial charge in [0.25, 0.3) is 0 Å². The minimum absolute atomic E-state index is 0.0409. The lowest BCUT2D eigenvalue weighted by atomic mass is 10.0. The Hall–Kier alpha value is -1.90. The fraction of sp³-hybridized carbons (Fsp3) is 0.467. The summed E-state index contributed by atoms with van der Waals surface area (Å²) in [6.07, 6.45) is 1.03. The summed E-state index contributed by atoms with van der Waals surface area (Å²) in [6.45, 7) is 4.00. The molecule has 0 aromatic heterocycles. The third-order valence-corrected chi connectivity index (χ3v) is 3.36. The molecule has 0 saturated carbocycles. The molecule has 1 amide bonds. The van der Waals surface area contributed by atoms with Crippen LogP contribution in [0.4, 0.5) is 5.69 Å². The van der Waals surface area contributed by atoms with E-state index < -0.39 is 0 Å². The number of hydrogen-bond donors (Lipinski definition) is 2. The SMILES string of the molecule is CCCNC1COCC1C(=O)Nc1ccc(C#N)cc1. The van der Waals surface area contributed by atoms with Crippen LogP contribution in [0.2, 0.25) is 0 Å². The maximum Gasteiger partial charge on any atom is 0.231 e. The molecule has 2 unspecified atom stereocenters. The number of nitrogens with one attached hydrogen (secondary N) is 2. The number of nitrogens with zero attached hydrogens (tertiary/aromatic N) is 1. The Balaban J connectivity index is 1.94. The van der Waals surface area contributed by atoms with E-state index >= 15 is 0 Å². The van der Waals surface area contributed by atoms with Gasteiger partial charge in [-0.2, -0.15) is 5.26 Å². The van der Waals surface area contributed by atoms with Crippen molar-refractivity contribution < 1.29 is 9.53 Å². The first-order valence-electron chi connectivity index (χ1n) is 6.86. The number of nitriles is 1. The molecule has 5 heteroatoms. The van der Waals surface area contributed by atoms with Gasteiger partial charge in [0.05, 0.1) is 30.8 Å². The standard InChI is InChI=1S/C15H19N3O2/c1-2-7-17-14-10-20-9-13(14)15(19)18-12-5-3-11(8-16)4-6-12/h3-6,13-14,17H,2,7,9-10H2,1H3,(H,18,19). The fourth-order valence-corrected chi connectivity index (χ4v) is 2.21. The van der Waals surface area contributed by atoms with Crippen LogP contribution in [0.3, 0.4) is 0 Å². The Bertz CT molecular complexity index is 493. The fourth-order valence-electron chi connectivity index (χ4n) is 2.21. The number of rotatable bonds is 5. The summed E-state index contributed by atoms with van der Waals surface area (Å²) in [5, 5.41) is 14.9. The molecule has 1 aliphatic heterocycles. The van der Waals surface area contributed by atoms with Gasteiger partial charge in [0.2, 0.25) is 5.91 Å². The van der Waals surface area contributed by atoms with Gasteiger partial charge in [-0.05, 0) is 37.2 Å². The van der Waals surface area contributed by atoms with Crippen molar-refractivity contribution in [2.24, 2.45) is 5.92 Å². The average Bonchev–Trinajstić information content (AvgIpc) is 2.94. The molecule has 20 heavy (non-hydrogen) atoms. The number of ether oxygens (including phenoxy) is 1. The number of carbonyl (C=O) groups excluding carboxylic acids is 1. The topological polar surface area (TPSA) is 74.2 Å². The largest absolute Gasteiger partial charge is 0.379 e. The van der Waals surface area contributed by atoms with Crippen LogP contribution in [0.25, 0.3) is 0 Å². The van der Waals surface area contributed by atoms with Gasteiger partial charge in [-0.15, -0.1) is 0 Å². The summed E-state index contributed by atoms with van der Waals surface area (Å²) in [6, 6.07) is 8.98. The van der Waals surface area contributed by atoms with Crippen LogP contribution in [0.5, 0.6) is 0 Å². The van der Waals surface area contributed by atoms with Gasteiger partial charge in [-0.25, -0.2) is 0 Å². The molecule has 0 aliphatic carbocycles. The molecule has 2 atom stereocenters. The Morgan fingerprint density at radius 2 is 2.15 bits per heavy atom. The number of anilines is 1. The first-order valence-corrected chi connectivity index (χ1v) is 6.86. The summed E-state index contributed by atoms with van der Waals surface area (Å²) in [4.78, 5) is 12.2. The average molecular weight is 273 g/mol. The second kappa shape index (κ2) is 7.04. The Morgan fingerprint density at radius 3 is 2.80 bits per heavy atom. The molecule has 1 aromatic carbocycles. The summed E-state index contributed by atoms with van der Waals surface area (Å²) in [7, 11) is 0. The molecule has 5 nitrogen and oxygen atoms in total. The molecular formula is C15H19N3O2. The molecule has 106 valence electrons. The molecule has 0 bridgehead atoms. The molecular weight excluding hydrogens is 254 g/mol. The highest BCUT2D eigenvalue weighted by molar-refractivity contribution is 5.93. The highest BCUT2D eigenvalue weighted by Gasteiger charge is 2.33. The predicted octanol–water partition coefficient (Wildman–Crippen LogP) is 1.51. The molecule has 2 rings (SSSR count). The molecule has 0 spiro atoms. The first kappa shape index (κ1) is 14.5. The van der Waals surface area contributed by atoms with Crippen molar-refractivity contribution in [3.8, 4) is 6.07 Å². The Kier molecular flexibility index (Phi) is 5.10. The summed E-state index contributed by atoms with van der Waals surface area (Å²) < 4.78 is 5.40. The number of amides is 1. The van der Waals surface area contributed by atoms with Gasteiger partial charge in [-0.1, -0.05) is 6.92 Å². The van der Waals surface area contributed by atoms with E-state index in [0.717, 1.165) is 13.0 Å². The maximum atomic E-state index is 12.2. The molecule has 1 heterocycles. The van der Waals surface area contributed by atoms with Gasteiger partial charge in [0.1, 0.15) is 0 Å². The van der Waals surface area contributed by atoms with Gasteiger partial charge < -0.3 is 15.4 Å². The van der Waals surface area contributed by atoms with Crippen molar-refractivity contribution in [1.82, 2.24) is 5.32 Å². The zero-order valence-electron chi connectivity index (χ0n) is 11.6. The highest BCUT2D eigenvalue weighted by Crippen LogP contribution is 2.17. The monoisotopic (exact) mass is 273 g/mol. The van der Waals surface area contributed by atoms with Crippen LogP contribution in [0.15, 0.2) is 24.3 Å². The van der Waals surface area contributed by atoms with Crippen molar-refractivity contribution in [3.63, 3.8) is 0 Å². The lowest BCUT2D eigenvalue weighted by Gasteiger charge is -2.18. The number of benzene rings is 1. The molecule has 1 aromatic rings. The summed E-state index contributed by atoms with van der Waals surface area (Å²) in [5.41, 5.74) is 1.28. The minimum atomic E-state index is -0.169. The summed E-state index contributed by atoms with van der Waals surface area (Å²) >= 11 is 0. The highest BCUT2D eigenvalue weighted by atomic mass is 16.5. The van der Waals surface area contributed by atoms with Gasteiger partial charge in [0, 0.05) is 11.7 Å². The van der Waals surface area contributed by atoms with Crippen LogP contribution >= 0.6 is 0 Å². The third-order valence-electron chi connectivity index (χ3n) is 3.36. The second-order valence-electron chi connectivity index (χ2n) is 4.88. The van der Waals surface area contributed by atoms with E-state index in [1.54, 1.807) is 24.3 Å². The quantitative estimate of drug-likeness (QED) is 0.853.